The van der Waals surface area contributed by atoms with Gasteiger partial charge in [-0.05, 0) is 22.0 Å². The van der Waals surface area contributed by atoms with E-state index in [1.54, 1.807) is 16.9 Å². The number of hydrogen-bond acceptors (Lipinski definition) is 4. The molecular formula is C17H14BrClF2N4O. The van der Waals surface area contributed by atoms with E-state index in [1.807, 2.05) is 0 Å². The molecule has 2 aromatic rings. The van der Waals surface area contributed by atoms with Crippen molar-refractivity contribution in [3.8, 4) is 23.1 Å². The van der Waals surface area contributed by atoms with E-state index >= 15 is 0 Å². The van der Waals surface area contributed by atoms with E-state index in [2.05, 4.69) is 27.1 Å². The largest absolute Gasteiger partial charge is 0.491 e. The Morgan fingerprint density at radius 2 is 2.19 bits per heavy atom. The summed E-state index contributed by atoms with van der Waals surface area (Å²) >= 11 is 9.92. The smallest absolute Gasteiger partial charge is 0.266 e. The van der Waals surface area contributed by atoms with Crippen molar-refractivity contribution in [3.63, 3.8) is 0 Å². The third-order valence-corrected chi connectivity index (χ3v) is 5.49. The molecule has 4 rings (SSSR count). The number of rotatable bonds is 1. The lowest BCUT2D eigenvalue weighted by Gasteiger charge is -2.25. The summed E-state index contributed by atoms with van der Waals surface area (Å²) in [5.41, 5.74) is 1.84. The van der Waals surface area contributed by atoms with Crippen molar-refractivity contribution in [2.24, 2.45) is 0 Å². The fraction of sp³-hybridized carbons (Fsp3) is 0.412. The molecule has 0 aliphatic carbocycles. The minimum absolute atomic E-state index is 0.165. The van der Waals surface area contributed by atoms with Gasteiger partial charge in [0.15, 0.2) is 0 Å². The molecule has 0 radical (unpaired) electrons. The van der Waals surface area contributed by atoms with Crippen LogP contribution < -0.4 is 9.64 Å². The van der Waals surface area contributed by atoms with Gasteiger partial charge in [-0.2, -0.15) is 10.4 Å². The number of alkyl halides is 2. The molecule has 136 valence electrons. The number of nitriles is 1. The highest BCUT2D eigenvalue weighted by molar-refractivity contribution is 9.10. The van der Waals surface area contributed by atoms with Crippen LogP contribution in [-0.4, -0.2) is 35.4 Å². The lowest BCUT2D eigenvalue weighted by atomic mass is 10.0. The molecule has 1 aromatic heterocycles. The molecule has 1 fully saturated rings. The van der Waals surface area contributed by atoms with Crippen molar-refractivity contribution < 1.29 is 13.5 Å². The molecule has 0 atom stereocenters. The molecule has 0 amide bonds. The van der Waals surface area contributed by atoms with Crippen molar-refractivity contribution in [2.45, 2.75) is 25.3 Å². The predicted octanol–water partition coefficient (Wildman–Crippen LogP) is 4.47. The molecular weight excluding hydrogens is 430 g/mol. The van der Waals surface area contributed by atoms with E-state index in [1.165, 1.54) is 4.90 Å². The van der Waals surface area contributed by atoms with Crippen molar-refractivity contribution in [1.29, 1.82) is 5.26 Å². The Hall–Kier alpha value is -1.85. The van der Waals surface area contributed by atoms with E-state index in [9.17, 15) is 14.0 Å². The van der Waals surface area contributed by atoms with Crippen molar-refractivity contribution in [1.82, 2.24) is 9.78 Å². The lowest BCUT2D eigenvalue weighted by Crippen LogP contribution is -2.26. The first-order chi connectivity index (χ1) is 12.4. The topological polar surface area (TPSA) is 54.1 Å². The Morgan fingerprint density at radius 1 is 1.38 bits per heavy atom. The summed E-state index contributed by atoms with van der Waals surface area (Å²) in [6.07, 6.45) is 2.14. The number of hydrogen-bond donors (Lipinski definition) is 0. The molecule has 5 nitrogen and oxygen atoms in total. The van der Waals surface area contributed by atoms with Crippen molar-refractivity contribution in [3.05, 3.63) is 27.3 Å². The lowest BCUT2D eigenvalue weighted by molar-refractivity contribution is 0.0257. The number of aromatic nitrogens is 2. The molecule has 0 saturated carbocycles. The zero-order chi connectivity index (χ0) is 18.5. The molecule has 9 heteroatoms. The molecule has 0 N–H and O–H groups in total. The van der Waals surface area contributed by atoms with Crippen LogP contribution in [0.1, 0.15) is 18.4 Å². The average molecular weight is 444 g/mol. The summed E-state index contributed by atoms with van der Waals surface area (Å²) in [7, 11) is 0. The Kier molecular flexibility index (Phi) is 4.32. The van der Waals surface area contributed by atoms with Gasteiger partial charge >= 0.3 is 0 Å². The summed E-state index contributed by atoms with van der Waals surface area (Å²) in [5.74, 6) is -2.39. The van der Waals surface area contributed by atoms with Gasteiger partial charge in [-0.25, -0.2) is 8.78 Å². The second-order valence-electron chi connectivity index (χ2n) is 6.36. The summed E-state index contributed by atoms with van der Waals surface area (Å²) < 4.78 is 35.8. The van der Waals surface area contributed by atoms with Crippen LogP contribution in [0.2, 0.25) is 5.02 Å². The van der Waals surface area contributed by atoms with E-state index in [0.29, 0.717) is 45.3 Å². The molecule has 0 unspecified atom stereocenters. The Morgan fingerprint density at radius 3 is 2.88 bits per heavy atom. The quantitative estimate of drug-likeness (QED) is 0.653. The minimum Gasteiger partial charge on any atom is -0.491 e. The second kappa shape index (κ2) is 6.39. The number of anilines is 1. The third kappa shape index (κ3) is 2.83. The standard InChI is InChI=1S/C17H14BrClF2N4O/c18-11-8-23-25-3-1-5-26-16-12(19)6-13(10(7-22)14(16)15(11)25)24-4-2-17(20,21)9-24/h6,8H,1-5,9H2. The van der Waals surface area contributed by atoms with Gasteiger partial charge in [0.25, 0.3) is 5.92 Å². The van der Waals surface area contributed by atoms with E-state index in [0.717, 1.165) is 6.42 Å². The van der Waals surface area contributed by atoms with Crippen molar-refractivity contribution >= 4 is 33.2 Å². The molecule has 0 spiro atoms. The summed E-state index contributed by atoms with van der Waals surface area (Å²) in [4.78, 5) is 1.51. The van der Waals surface area contributed by atoms with Crippen molar-refractivity contribution in [2.75, 3.05) is 24.6 Å². The van der Waals surface area contributed by atoms with Crippen LogP contribution in [0.3, 0.4) is 0 Å². The summed E-state index contributed by atoms with van der Waals surface area (Å²) in [5, 5.41) is 14.5. The number of fused-ring (bicyclic) bond motifs is 3. The molecule has 26 heavy (non-hydrogen) atoms. The van der Waals surface area contributed by atoms with Crippen LogP contribution in [0.15, 0.2) is 16.7 Å². The number of nitrogens with zero attached hydrogens (tertiary/aromatic N) is 4. The molecule has 2 aliphatic rings. The summed E-state index contributed by atoms with van der Waals surface area (Å²) in [6, 6.07) is 3.73. The molecule has 1 saturated heterocycles. The van der Waals surface area contributed by atoms with Crippen LogP contribution in [0, 0.1) is 11.3 Å². The first-order valence-electron chi connectivity index (χ1n) is 8.15. The number of aryl methyl sites for hydroxylation is 1. The maximum Gasteiger partial charge on any atom is 0.266 e. The van der Waals surface area contributed by atoms with Gasteiger partial charge in [0, 0.05) is 25.9 Å². The average Bonchev–Trinajstić information content (AvgIpc) is 3.11. The van der Waals surface area contributed by atoms with Gasteiger partial charge in [-0.1, -0.05) is 11.6 Å². The van der Waals surface area contributed by atoms with Crippen LogP contribution in [-0.2, 0) is 6.54 Å². The molecule has 3 heterocycles. The number of halogens is 4. The van der Waals surface area contributed by atoms with Gasteiger partial charge in [-0.15, -0.1) is 0 Å². The monoisotopic (exact) mass is 442 g/mol. The van der Waals surface area contributed by atoms with E-state index in [4.69, 9.17) is 16.3 Å². The summed E-state index contributed by atoms with van der Waals surface area (Å²) in [6.45, 7) is 0.778. The van der Waals surface area contributed by atoms with Gasteiger partial charge in [0.05, 0.1) is 51.4 Å². The van der Waals surface area contributed by atoms with Gasteiger partial charge in [0.2, 0.25) is 0 Å². The van der Waals surface area contributed by atoms with Crippen LogP contribution in [0.5, 0.6) is 5.75 Å². The van der Waals surface area contributed by atoms with Crippen LogP contribution in [0.25, 0.3) is 11.3 Å². The highest BCUT2D eigenvalue weighted by Gasteiger charge is 2.40. The normalized spacial score (nSPS) is 18.3. The van der Waals surface area contributed by atoms with E-state index < -0.39 is 12.5 Å². The zero-order valence-electron chi connectivity index (χ0n) is 13.6. The third-order valence-electron chi connectivity index (χ3n) is 4.63. The Bertz CT molecular complexity index is 924. The van der Waals surface area contributed by atoms with Gasteiger partial charge in [0.1, 0.15) is 11.8 Å². The number of ether oxygens (including phenoxy) is 1. The Balaban J connectivity index is 1.97. The number of benzene rings is 1. The maximum atomic E-state index is 13.7. The Labute approximate surface area is 162 Å². The predicted molar refractivity (Wildman–Crippen MR) is 97.0 cm³/mol. The fourth-order valence-electron chi connectivity index (χ4n) is 3.46. The molecule has 0 bridgehead atoms. The minimum atomic E-state index is -2.78. The van der Waals surface area contributed by atoms with Gasteiger partial charge < -0.3 is 9.64 Å². The van der Waals surface area contributed by atoms with Crippen LogP contribution in [0.4, 0.5) is 14.5 Å². The highest BCUT2D eigenvalue weighted by atomic mass is 79.9. The van der Waals surface area contributed by atoms with E-state index in [-0.39, 0.29) is 18.5 Å². The zero-order valence-corrected chi connectivity index (χ0v) is 15.9. The molecule has 2 aliphatic heterocycles. The van der Waals surface area contributed by atoms with Crippen LogP contribution >= 0.6 is 27.5 Å². The second-order valence-corrected chi connectivity index (χ2v) is 7.62. The molecule has 1 aromatic carbocycles. The fourth-order valence-corrected chi connectivity index (χ4v) is 4.21. The first-order valence-corrected chi connectivity index (χ1v) is 9.32. The maximum absolute atomic E-state index is 13.7. The SMILES string of the molecule is N#Cc1c(N2CCC(F)(F)C2)cc(Cl)c2c1-c1c(Br)cnn1CCCO2. The first kappa shape index (κ1) is 17.6. The van der Waals surface area contributed by atoms with Gasteiger partial charge in [-0.3, -0.25) is 4.68 Å². The highest BCUT2D eigenvalue weighted by Crippen LogP contribution is 2.47.